The van der Waals surface area contributed by atoms with Crippen LogP contribution in [-0.2, 0) is 16.0 Å². The number of amides is 2. The van der Waals surface area contributed by atoms with Gasteiger partial charge in [-0.1, -0.05) is 57.5 Å². The topological polar surface area (TPSA) is 70.6 Å². The summed E-state index contributed by atoms with van der Waals surface area (Å²) < 4.78 is 12.2. The molecule has 0 aliphatic heterocycles. The Morgan fingerprint density at radius 1 is 1.09 bits per heavy atom. The highest BCUT2D eigenvalue weighted by Crippen LogP contribution is 2.23. The number of benzene rings is 2. The molecular formula is C29H40FN3O2. The van der Waals surface area contributed by atoms with Gasteiger partial charge in [0.25, 0.3) is 5.91 Å². The highest BCUT2D eigenvalue weighted by molar-refractivity contribution is 6.46. The molecule has 6 heteroatoms. The Morgan fingerprint density at radius 3 is 2.20 bits per heavy atom. The van der Waals surface area contributed by atoms with Gasteiger partial charge in [-0.05, 0) is 74.3 Å². The summed E-state index contributed by atoms with van der Waals surface area (Å²) in [6.45, 7) is 11.9. The lowest BCUT2D eigenvalue weighted by molar-refractivity contribution is -0.130. The van der Waals surface area contributed by atoms with Crippen molar-refractivity contribution in [2.24, 2.45) is 10.4 Å². The van der Waals surface area contributed by atoms with Crippen LogP contribution >= 0.6 is 0 Å². The summed E-state index contributed by atoms with van der Waals surface area (Å²) >= 11 is 0. The number of hydrogen-bond donors (Lipinski definition) is 2. The summed E-state index contributed by atoms with van der Waals surface area (Å²) in [5.74, 6) is -0.593. The molecule has 2 amide bonds. The van der Waals surface area contributed by atoms with Crippen molar-refractivity contribution in [3.05, 3.63) is 70.5 Å². The number of carbonyl (C=O) groups is 2. The van der Waals surface area contributed by atoms with E-state index in [4.69, 9.17) is 0 Å². The van der Waals surface area contributed by atoms with Gasteiger partial charge in [0, 0.05) is 18.7 Å². The van der Waals surface area contributed by atoms with Gasteiger partial charge in [-0.3, -0.25) is 14.6 Å². The van der Waals surface area contributed by atoms with Gasteiger partial charge in [-0.25, -0.2) is 4.39 Å². The highest BCUT2D eigenvalue weighted by Gasteiger charge is 2.35. The van der Waals surface area contributed by atoms with E-state index < -0.39 is 11.5 Å². The standard InChI is InChI=1S/C21H31N3O2.C8H9F/c1-13-10-11-14(2)16(12-13)17(22-6)19(25)24-18(21(3,4)5)20(26)23-15-8-7-9-15;1-2-7-3-5-8(9)6-4-7/h10-12,15,18H,7-9H2,1-6H3,(H,23,26)(H,24,25);3-6H,2H2,1H3. The van der Waals surface area contributed by atoms with Gasteiger partial charge in [0.15, 0.2) is 0 Å². The van der Waals surface area contributed by atoms with Gasteiger partial charge in [0.05, 0.1) is 0 Å². The molecule has 2 aromatic carbocycles. The summed E-state index contributed by atoms with van der Waals surface area (Å²) in [5, 5.41) is 5.98. The van der Waals surface area contributed by atoms with Gasteiger partial charge in [0.1, 0.15) is 17.6 Å². The summed E-state index contributed by atoms with van der Waals surface area (Å²) in [4.78, 5) is 29.9. The van der Waals surface area contributed by atoms with Gasteiger partial charge < -0.3 is 10.6 Å². The number of carbonyl (C=O) groups excluding carboxylic acids is 2. The third-order valence-corrected chi connectivity index (χ3v) is 6.26. The zero-order valence-corrected chi connectivity index (χ0v) is 22.2. The molecule has 1 unspecified atom stereocenters. The second-order valence-corrected chi connectivity index (χ2v) is 10.3. The van der Waals surface area contributed by atoms with Crippen LogP contribution in [0.5, 0.6) is 0 Å². The summed E-state index contributed by atoms with van der Waals surface area (Å²) in [6, 6.07) is 12.1. The number of aliphatic imine (C=N–C) groups is 1. The minimum atomic E-state index is -0.613. The predicted molar refractivity (Wildman–Crippen MR) is 141 cm³/mol. The van der Waals surface area contributed by atoms with Crippen molar-refractivity contribution < 1.29 is 14.0 Å². The smallest absolute Gasteiger partial charge is 0.270 e. The molecule has 0 spiro atoms. The van der Waals surface area contributed by atoms with Crippen LogP contribution in [0.4, 0.5) is 4.39 Å². The zero-order valence-electron chi connectivity index (χ0n) is 22.2. The lowest BCUT2D eigenvalue weighted by Gasteiger charge is -2.34. The molecule has 2 aromatic rings. The SMILES string of the molecule is CCc1ccc(F)cc1.CN=C(C(=O)NC(C(=O)NC1CCC1)C(C)(C)C)c1cc(C)ccc1C. The molecule has 0 saturated heterocycles. The molecule has 190 valence electrons. The van der Waals surface area contributed by atoms with Gasteiger partial charge in [0.2, 0.25) is 5.91 Å². The van der Waals surface area contributed by atoms with Crippen LogP contribution in [0.15, 0.2) is 47.5 Å². The first-order chi connectivity index (χ1) is 16.5. The summed E-state index contributed by atoms with van der Waals surface area (Å²) in [6.07, 6.45) is 4.15. The van der Waals surface area contributed by atoms with Gasteiger partial charge >= 0.3 is 0 Å². The molecule has 3 rings (SSSR count). The third-order valence-electron chi connectivity index (χ3n) is 6.26. The molecule has 2 N–H and O–H groups in total. The molecule has 0 bridgehead atoms. The van der Waals surface area contributed by atoms with E-state index in [1.807, 2.05) is 59.7 Å². The Morgan fingerprint density at radius 2 is 1.71 bits per heavy atom. The number of aryl methyl sites for hydroxylation is 3. The first-order valence-corrected chi connectivity index (χ1v) is 12.4. The van der Waals surface area contributed by atoms with E-state index in [2.05, 4.69) is 15.6 Å². The van der Waals surface area contributed by atoms with E-state index in [1.165, 1.54) is 17.7 Å². The second kappa shape index (κ2) is 12.6. The Kier molecular flexibility index (Phi) is 10.2. The maximum atomic E-state index is 12.9. The van der Waals surface area contributed by atoms with Gasteiger partial charge in [-0.2, -0.15) is 0 Å². The first-order valence-electron chi connectivity index (χ1n) is 12.4. The van der Waals surface area contributed by atoms with Crippen LogP contribution in [-0.4, -0.2) is 36.7 Å². The average molecular weight is 482 g/mol. The van der Waals surface area contributed by atoms with Gasteiger partial charge in [-0.15, -0.1) is 0 Å². The van der Waals surface area contributed by atoms with Crippen molar-refractivity contribution in [2.45, 2.75) is 79.3 Å². The Labute approximate surface area is 209 Å². The second-order valence-electron chi connectivity index (χ2n) is 10.3. The quantitative estimate of drug-likeness (QED) is 0.549. The van der Waals surface area contributed by atoms with Crippen molar-refractivity contribution >= 4 is 17.5 Å². The molecule has 35 heavy (non-hydrogen) atoms. The Bertz CT molecular complexity index is 1030. The molecule has 5 nitrogen and oxygen atoms in total. The van der Waals surface area contributed by atoms with Crippen LogP contribution in [0.1, 0.15) is 69.2 Å². The van der Waals surface area contributed by atoms with Crippen molar-refractivity contribution in [3.8, 4) is 0 Å². The van der Waals surface area contributed by atoms with Crippen molar-refractivity contribution in [1.82, 2.24) is 10.6 Å². The van der Waals surface area contributed by atoms with E-state index in [0.29, 0.717) is 5.71 Å². The number of hydrogen-bond acceptors (Lipinski definition) is 3. The summed E-state index contributed by atoms with van der Waals surface area (Å²) in [5.41, 5.74) is 3.99. The fraction of sp³-hybridized carbons (Fsp3) is 0.483. The maximum Gasteiger partial charge on any atom is 0.270 e. The molecule has 1 aliphatic carbocycles. The van der Waals surface area contributed by atoms with Crippen molar-refractivity contribution in [2.75, 3.05) is 7.05 Å². The normalized spacial score (nSPS) is 14.8. The molecular weight excluding hydrogens is 441 g/mol. The monoisotopic (exact) mass is 481 g/mol. The number of rotatable bonds is 6. The van der Waals surface area contributed by atoms with E-state index in [1.54, 1.807) is 19.2 Å². The molecule has 1 saturated carbocycles. The third kappa shape index (κ3) is 8.30. The van der Waals surface area contributed by atoms with E-state index in [-0.39, 0.29) is 23.7 Å². The minimum absolute atomic E-state index is 0.119. The van der Waals surface area contributed by atoms with E-state index >= 15 is 0 Å². The van der Waals surface area contributed by atoms with Crippen LogP contribution in [0.3, 0.4) is 0 Å². The number of nitrogens with one attached hydrogen (secondary N) is 2. The minimum Gasteiger partial charge on any atom is -0.352 e. The van der Waals surface area contributed by atoms with E-state index in [9.17, 15) is 14.0 Å². The number of nitrogens with zero attached hydrogens (tertiary/aromatic N) is 1. The highest BCUT2D eigenvalue weighted by atomic mass is 19.1. The van der Waals surface area contributed by atoms with E-state index in [0.717, 1.165) is 42.4 Å². The maximum absolute atomic E-state index is 12.9. The van der Waals surface area contributed by atoms with Crippen LogP contribution in [0.25, 0.3) is 0 Å². The zero-order chi connectivity index (χ0) is 26.2. The lowest BCUT2D eigenvalue weighted by Crippen LogP contribution is -2.57. The summed E-state index contributed by atoms with van der Waals surface area (Å²) in [7, 11) is 1.61. The van der Waals surface area contributed by atoms with Crippen LogP contribution in [0.2, 0.25) is 0 Å². The molecule has 1 aliphatic rings. The Balaban J connectivity index is 0.000000402. The molecule has 1 fully saturated rings. The van der Waals surface area contributed by atoms with Crippen molar-refractivity contribution in [1.29, 1.82) is 0 Å². The molecule has 0 radical (unpaired) electrons. The largest absolute Gasteiger partial charge is 0.352 e. The predicted octanol–water partition coefficient (Wildman–Crippen LogP) is 5.31. The molecule has 0 heterocycles. The van der Waals surface area contributed by atoms with Crippen LogP contribution < -0.4 is 10.6 Å². The molecule has 1 atom stereocenters. The van der Waals surface area contributed by atoms with Crippen LogP contribution in [0, 0.1) is 25.1 Å². The average Bonchev–Trinajstić information content (AvgIpc) is 2.77. The fourth-order valence-corrected chi connectivity index (χ4v) is 3.77. The number of halogens is 1. The molecule has 0 aromatic heterocycles. The van der Waals surface area contributed by atoms with Crippen molar-refractivity contribution in [3.63, 3.8) is 0 Å². The fourth-order valence-electron chi connectivity index (χ4n) is 3.77. The lowest BCUT2D eigenvalue weighted by atomic mass is 9.84. The Hall–Kier alpha value is -3.02. The first kappa shape index (κ1) is 28.2.